The van der Waals surface area contributed by atoms with Crippen molar-refractivity contribution in [2.75, 3.05) is 18.5 Å². The Balaban J connectivity index is 1.87. The minimum Gasteiger partial charge on any atom is -0.484 e. The van der Waals surface area contributed by atoms with E-state index >= 15 is 0 Å². The molecule has 0 aliphatic heterocycles. The highest BCUT2D eigenvalue weighted by atomic mass is 19.4. The summed E-state index contributed by atoms with van der Waals surface area (Å²) in [6, 6.07) is 10.8. The summed E-state index contributed by atoms with van der Waals surface area (Å²) in [5, 5.41) is 5.21. The van der Waals surface area contributed by atoms with Gasteiger partial charge in [0, 0.05) is 11.3 Å². The van der Waals surface area contributed by atoms with Gasteiger partial charge in [-0.25, -0.2) is 0 Å². The minimum absolute atomic E-state index is 0.00311. The molecule has 5 nitrogen and oxygen atoms in total. The normalized spacial score (nSPS) is 11.0. The lowest BCUT2D eigenvalue weighted by atomic mass is 10.1. The van der Waals surface area contributed by atoms with Crippen molar-refractivity contribution in [2.24, 2.45) is 0 Å². The average molecular weight is 380 g/mol. The molecule has 27 heavy (non-hydrogen) atoms. The molecule has 0 heterocycles. The lowest BCUT2D eigenvalue weighted by Gasteiger charge is -2.12. The summed E-state index contributed by atoms with van der Waals surface area (Å²) in [5.41, 5.74) is 2.71. The number of carbonyl (C=O) groups excluding carboxylic acids is 2. The van der Waals surface area contributed by atoms with Gasteiger partial charge in [-0.1, -0.05) is 18.2 Å². The van der Waals surface area contributed by atoms with Crippen LogP contribution < -0.4 is 15.4 Å². The molecular formula is C19H19F3N2O3. The van der Waals surface area contributed by atoms with E-state index in [0.717, 1.165) is 11.1 Å². The number of benzene rings is 2. The summed E-state index contributed by atoms with van der Waals surface area (Å²) in [6.45, 7) is 2.09. The number of rotatable bonds is 6. The van der Waals surface area contributed by atoms with Gasteiger partial charge < -0.3 is 15.4 Å². The van der Waals surface area contributed by atoms with Gasteiger partial charge in [0.1, 0.15) is 5.75 Å². The molecule has 0 fully saturated rings. The van der Waals surface area contributed by atoms with E-state index in [2.05, 4.69) is 15.4 Å². The van der Waals surface area contributed by atoms with Crippen molar-refractivity contribution in [1.82, 2.24) is 5.32 Å². The van der Waals surface area contributed by atoms with Gasteiger partial charge in [0.25, 0.3) is 5.91 Å². The Morgan fingerprint density at radius 1 is 1.00 bits per heavy atom. The van der Waals surface area contributed by atoms with E-state index in [9.17, 15) is 22.8 Å². The number of nitrogens with one attached hydrogen (secondary N) is 2. The van der Waals surface area contributed by atoms with E-state index < -0.39 is 18.7 Å². The van der Waals surface area contributed by atoms with Gasteiger partial charge in [0.05, 0.1) is 6.54 Å². The molecular weight excluding hydrogens is 361 g/mol. The molecule has 0 bridgehead atoms. The Morgan fingerprint density at radius 2 is 1.59 bits per heavy atom. The first-order chi connectivity index (χ1) is 12.7. The van der Waals surface area contributed by atoms with Crippen molar-refractivity contribution < 1.29 is 27.5 Å². The monoisotopic (exact) mass is 380 g/mol. The van der Waals surface area contributed by atoms with Crippen LogP contribution in [0.4, 0.5) is 18.9 Å². The van der Waals surface area contributed by atoms with Crippen LogP contribution >= 0.6 is 0 Å². The van der Waals surface area contributed by atoms with Gasteiger partial charge in [-0.15, -0.1) is 0 Å². The quantitative estimate of drug-likeness (QED) is 0.805. The molecule has 144 valence electrons. The highest BCUT2D eigenvalue weighted by Gasteiger charge is 2.28. The Hall–Kier alpha value is -3.03. The predicted molar refractivity (Wildman–Crippen MR) is 94.9 cm³/mol. The number of aryl methyl sites for hydroxylation is 2. The van der Waals surface area contributed by atoms with Crippen molar-refractivity contribution in [1.29, 1.82) is 0 Å². The second-order valence-electron chi connectivity index (χ2n) is 5.93. The first-order valence-electron chi connectivity index (χ1n) is 8.09. The van der Waals surface area contributed by atoms with Crippen LogP contribution in [-0.2, 0) is 4.79 Å². The molecule has 0 aliphatic rings. The third-order valence-corrected chi connectivity index (χ3v) is 3.67. The standard InChI is InChI=1S/C19H19F3N2O3/c1-12-4-3-5-13(2)17(12)24-16(25)10-23-18(26)14-6-8-15(9-7-14)27-11-19(20,21)22/h3-9H,10-11H2,1-2H3,(H,23,26)(H,24,25). The highest BCUT2D eigenvalue weighted by Crippen LogP contribution is 2.20. The number of alkyl halides is 3. The predicted octanol–water partition coefficient (Wildman–Crippen LogP) is 3.61. The van der Waals surface area contributed by atoms with Crippen LogP contribution in [0, 0.1) is 13.8 Å². The molecule has 0 unspecified atom stereocenters. The van der Waals surface area contributed by atoms with Crippen LogP contribution in [-0.4, -0.2) is 31.1 Å². The number of carbonyl (C=O) groups is 2. The third-order valence-electron chi connectivity index (χ3n) is 3.67. The minimum atomic E-state index is -4.43. The largest absolute Gasteiger partial charge is 0.484 e. The Bertz CT molecular complexity index is 798. The van der Waals surface area contributed by atoms with E-state index in [1.165, 1.54) is 24.3 Å². The van der Waals surface area contributed by atoms with E-state index in [0.29, 0.717) is 5.69 Å². The molecule has 2 rings (SSSR count). The van der Waals surface area contributed by atoms with Crippen LogP contribution in [0.3, 0.4) is 0 Å². The van der Waals surface area contributed by atoms with Crippen molar-refractivity contribution in [3.05, 3.63) is 59.2 Å². The second-order valence-corrected chi connectivity index (χ2v) is 5.93. The Morgan fingerprint density at radius 3 is 2.15 bits per heavy atom. The molecule has 2 N–H and O–H groups in total. The molecule has 0 saturated carbocycles. The zero-order chi connectivity index (χ0) is 20.0. The fourth-order valence-corrected chi connectivity index (χ4v) is 2.33. The summed E-state index contributed by atoms with van der Waals surface area (Å²) >= 11 is 0. The van der Waals surface area contributed by atoms with E-state index in [1.54, 1.807) is 0 Å². The molecule has 0 aromatic heterocycles. The van der Waals surface area contributed by atoms with Crippen molar-refractivity contribution in [3.63, 3.8) is 0 Å². The first-order valence-corrected chi connectivity index (χ1v) is 8.09. The fourth-order valence-electron chi connectivity index (χ4n) is 2.33. The highest BCUT2D eigenvalue weighted by molar-refractivity contribution is 5.99. The van der Waals surface area contributed by atoms with Gasteiger partial charge in [-0.2, -0.15) is 13.2 Å². The molecule has 0 aliphatic carbocycles. The smallest absolute Gasteiger partial charge is 0.422 e. The maximum atomic E-state index is 12.1. The van der Waals surface area contributed by atoms with Crippen LogP contribution in [0.1, 0.15) is 21.5 Å². The summed E-state index contributed by atoms with van der Waals surface area (Å²) in [5.74, 6) is -0.906. The zero-order valence-corrected chi connectivity index (χ0v) is 14.8. The summed E-state index contributed by atoms with van der Waals surface area (Å²) < 4.78 is 40.9. The zero-order valence-electron chi connectivity index (χ0n) is 14.8. The summed E-state index contributed by atoms with van der Waals surface area (Å²) in [7, 11) is 0. The van der Waals surface area contributed by atoms with E-state index in [4.69, 9.17) is 0 Å². The number of hydrogen-bond donors (Lipinski definition) is 2. The maximum absolute atomic E-state index is 12.1. The van der Waals surface area contributed by atoms with E-state index in [-0.39, 0.29) is 23.8 Å². The summed E-state index contributed by atoms with van der Waals surface area (Å²) in [6.07, 6.45) is -4.43. The number of anilines is 1. The van der Waals surface area contributed by atoms with Crippen LogP contribution in [0.5, 0.6) is 5.75 Å². The van der Waals surface area contributed by atoms with Gasteiger partial charge in [-0.05, 0) is 49.2 Å². The number of ether oxygens (including phenoxy) is 1. The molecule has 8 heteroatoms. The van der Waals surface area contributed by atoms with Gasteiger partial charge in [0.2, 0.25) is 5.91 Å². The van der Waals surface area contributed by atoms with Crippen molar-refractivity contribution in [3.8, 4) is 5.75 Å². The number of amides is 2. The lowest BCUT2D eigenvalue weighted by molar-refractivity contribution is -0.153. The molecule has 0 spiro atoms. The average Bonchev–Trinajstić information content (AvgIpc) is 2.61. The Kier molecular flexibility index (Phi) is 6.44. The number of hydrogen-bond acceptors (Lipinski definition) is 3. The van der Waals surface area contributed by atoms with Crippen LogP contribution in [0.2, 0.25) is 0 Å². The van der Waals surface area contributed by atoms with E-state index in [1.807, 2.05) is 32.0 Å². The first kappa shape index (κ1) is 20.3. The molecule has 0 saturated heterocycles. The molecule has 2 aromatic carbocycles. The maximum Gasteiger partial charge on any atom is 0.422 e. The number of halogens is 3. The molecule has 2 aromatic rings. The topological polar surface area (TPSA) is 67.4 Å². The van der Waals surface area contributed by atoms with Crippen molar-refractivity contribution >= 4 is 17.5 Å². The fraction of sp³-hybridized carbons (Fsp3) is 0.263. The lowest BCUT2D eigenvalue weighted by Crippen LogP contribution is -2.33. The SMILES string of the molecule is Cc1cccc(C)c1NC(=O)CNC(=O)c1ccc(OCC(F)(F)F)cc1. The van der Waals surface area contributed by atoms with Gasteiger partial charge >= 0.3 is 6.18 Å². The van der Waals surface area contributed by atoms with Crippen LogP contribution in [0.15, 0.2) is 42.5 Å². The number of para-hydroxylation sites is 1. The molecule has 0 radical (unpaired) electrons. The van der Waals surface area contributed by atoms with Gasteiger partial charge in [-0.3, -0.25) is 9.59 Å². The van der Waals surface area contributed by atoms with Crippen molar-refractivity contribution in [2.45, 2.75) is 20.0 Å². The van der Waals surface area contributed by atoms with Crippen LogP contribution in [0.25, 0.3) is 0 Å². The third kappa shape index (κ3) is 6.32. The molecule has 0 atom stereocenters. The summed E-state index contributed by atoms with van der Waals surface area (Å²) in [4.78, 5) is 24.1. The second kappa shape index (κ2) is 8.57. The van der Waals surface area contributed by atoms with Gasteiger partial charge in [0.15, 0.2) is 6.61 Å². The molecule has 2 amide bonds. The Labute approximate surface area is 154 Å².